The topological polar surface area (TPSA) is 54.8 Å². The molecule has 0 unspecified atom stereocenters. The number of rotatable bonds is 6. The minimum Gasteiger partial charge on any atom is -0.299 e. The zero-order valence-electron chi connectivity index (χ0n) is 12.2. The molecular weight excluding hydrogens is 302 g/mol. The minimum absolute atomic E-state index is 0.642. The van der Waals surface area contributed by atoms with Gasteiger partial charge in [0.1, 0.15) is 12.7 Å². The van der Waals surface area contributed by atoms with Gasteiger partial charge in [-0.05, 0) is 24.0 Å². The van der Waals surface area contributed by atoms with Crippen LogP contribution in [0.4, 0.5) is 5.69 Å². The summed E-state index contributed by atoms with van der Waals surface area (Å²) in [5.74, 6) is 0.642. The molecule has 0 radical (unpaired) electrons. The second kappa shape index (κ2) is 7.99. The van der Waals surface area contributed by atoms with Gasteiger partial charge in [0.05, 0.1) is 11.6 Å². The van der Waals surface area contributed by atoms with Gasteiger partial charge < -0.3 is 0 Å². The molecule has 2 aromatic rings. The fourth-order valence-electron chi connectivity index (χ4n) is 1.98. The van der Waals surface area contributed by atoms with Crippen LogP contribution in [0, 0.1) is 0 Å². The molecule has 2 rings (SSSR count). The summed E-state index contributed by atoms with van der Waals surface area (Å²) < 4.78 is 2.41. The van der Waals surface area contributed by atoms with E-state index in [0.29, 0.717) is 10.2 Å². The third kappa shape index (κ3) is 4.44. The highest BCUT2D eigenvalue weighted by molar-refractivity contribution is 8.22. The molecule has 0 amide bonds. The maximum Gasteiger partial charge on any atom is 0.154 e. The standard InChI is InChI=1S/C14H19N5S2/c1-3-11-6-5-7-12(4-2)13(11)17-18-14(20)21-10-19-9-15-8-16-19/h5-9,17H,3-4,10H2,1-2H3,(H,18,20). The van der Waals surface area contributed by atoms with E-state index in [0.717, 1.165) is 18.5 Å². The summed E-state index contributed by atoms with van der Waals surface area (Å²) in [6.07, 6.45) is 5.15. The van der Waals surface area contributed by atoms with Crippen molar-refractivity contribution in [2.45, 2.75) is 32.6 Å². The average molecular weight is 321 g/mol. The van der Waals surface area contributed by atoms with Gasteiger partial charge in [0, 0.05) is 0 Å². The van der Waals surface area contributed by atoms with E-state index in [1.165, 1.54) is 29.2 Å². The first kappa shape index (κ1) is 15.8. The Balaban J connectivity index is 1.91. The van der Waals surface area contributed by atoms with Crippen LogP contribution in [0.5, 0.6) is 0 Å². The van der Waals surface area contributed by atoms with Crippen LogP contribution >= 0.6 is 24.0 Å². The minimum atomic E-state index is 0.642. The van der Waals surface area contributed by atoms with Crippen LogP contribution in [0.25, 0.3) is 0 Å². The molecule has 21 heavy (non-hydrogen) atoms. The fraction of sp³-hybridized carbons (Fsp3) is 0.357. The molecule has 2 N–H and O–H groups in total. The van der Waals surface area contributed by atoms with Crippen LogP contribution < -0.4 is 10.9 Å². The van der Waals surface area contributed by atoms with Crippen molar-refractivity contribution in [2.24, 2.45) is 0 Å². The quantitative estimate of drug-likeness (QED) is 0.630. The maximum absolute atomic E-state index is 5.31. The van der Waals surface area contributed by atoms with Crippen molar-refractivity contribution in [3.05, 3.63) is 42.0 Å². The summed E-state index contributed by atoms with van der Waals surface area (Å²) in [7, 11) is 0. The summed E-state index contributed by atoms with van der Waals surface area (Å²) in [5, 5.41) is 4.04. The molecule has 7 heteroatoms. The monoisotopic (exact) mass is 321 g/mol. The lowest BCUT2D eigenvalue weighted by atomic mass is 10.0. The van der Waals surface area contributed by atoms with E-state index >= 15 is 0 Å². The Bertz CT molecular complexity index is 561. The Morgan fingerprint density at radius 3 is 2.57 bits per heavy atom. The van der Waals surface area contributed by atoms with Gasteiger partial charge in [0.2, 0.25) is 0 Å². The Hall–Kier alpha value is -1.60. The molecule has 0 aliphatic carbocycles. The van der Waals surface area contributed by atoms with E-state index in [9.17, 15) is 0 Å². The van der Waals surface area contributed by atoms with Crippen LogP contribution in [0.2, 0.25) is 0 Å². The van der Waals surface area contributed by atoms with E-state index in [1.807, 2.05) is 0 Å². The van der Waals surface area contributed by atoms with Gasteiger partial charge >= 0.3 is 0 Å². The predicted molar refractivity (Wildman–Crippen MR) is 92.2 cm³/mol. The van der Waals surface area contributed by atoms with Crippen molar-refractivity contribution in [1.29, 1.82) is 0 Å². The largest absolute Gasteiger partial charge is 0.299 e. The van der Waals surface area contributed by atoms with Crippen molar-refractivity contribution >= 4 is 34.0 Å². The summed E-state index contributed by atoms with van der Waals surface area (Å²) in [6, 6.07) is 6.37. The van der Waals surface area contributed by atoms with E-state index < -0.39 is 0 Å². The van der Waals surface area contributed by atoms with E-state index in [-0.39, 0.29) is 0 Å². The van der Waals surface area contributed by atoms with Gasteiger partial charge in [-0.3, -0.25) is 10.9 Å². The first-order valence-electron chi connectivity index (χ1n) is 6.86. The number of nitrogens with one attached hydrogen (secondary N) is 2. The Morgan fingerprint density at radius 2 is 2.00 bits per heavy atom. The summed E-state index contributed by atoms with van der Waals surface area (Å²) in [4.78, 5) is 3.90. The molecule has 1 aromatic heterocycles. The SMILES string of the molecule is CCc1cccc(CC)c1NNC(=S)SCn1cncn1. The molecule has 112 valence electrons. The van der Waals surface area contributed by atoms with Gasteiger partial charge in [-0.2, -0.15) is 5.10 Å². The molecular formula is C14H19N5S2. The number of anilines is 1. The predicted octanol–water partition coefficient (Wildman–Crippen LogP) is 3.00. The fourth-order valence-corrected chi connectivity index (χ4v) is 2.69. The smallest absolute Gasteiger partial charge is 0.154 e. The zero-order valence-corrected chi connectivity index (χ0v) is 13.8. The number of hydrazine groups is 1. The molecule has 1 heterocycles. The lowest BCUT2D eigenvalue weighted by Crippen LogP contribution is -2.27. The highest BCUT2D eigenvalue weighted by Crippen LogP contribution is 2.22. The first-order chi connectivity index (χ1) is 10.2. The number of para-hydroxylation sites is 1. The highest BCUT2D eigenvalue weighted by atomic mass is 32.2. The molecule has 0 aliphatic rings. The molecule has 0 saturated carbocycles. The molecule has 0 aliphatic heterocycles. The third-order valence-electron chi connectivity index (χ3n) is 3.08. The maximum atomic E-state index is 5.31. The lowest BCUT2D eigenvalue weighted by Gasteiger charge is -2.16. The van der Waals surface area contributed by atoms with Crippen LogP contribution in [0.3, 0.4) is 0 Å². The molecule has 0 saturated heterocycles. The first-order valence-corrected chi connectivity index (χ1v) is 8.26. The number of nitrogens with zero attached hydrogens (tertiary/aromatic N) is 3. The Morgan fingerprint density at radius 1 is 1.29 bits per heavy atom. The summed E-state index contributed by atoms with van der Waals surface area (Å²) in [5.41, 5.74) is 10.0. The number of hydrogen-bond acceptors (Lipinski definition) is 5. The van der Waals surface area contributed by atoms with Crippen LogP contribution in [0.15, 0.2) is 30.9 Å². The second-order valence-electron chi connectivity index (χ2n) is 4.40. The van der Waals surface area contributed by atoms with E-state index in [1.54, 1.807) is 11.0 Å². The highest BCUT2D eigenvalue weighted by Gasteiger charge is 2.06. The number of thiocarbonyl (C=S) groups is 1. The Kier molecular flexibility index (Phi) is 6.01. The van der Waals surface area contributed by atoms with Gasteiger partial charge in [0.25, 0.3) is 0 Å². The number of thioether (sulfide) groups is 1. The normalized spacial score (nSPS) is 10.4. The summed E-state index contributed by atoms with van der Waals surface area (Å²) in [6.45, 7) is 4.30. The third-order valence-corrected chi connectivity index (χ3v) is 4.30. The van der Waals surface area contributed by atoms with Crippen molar-refractivity contribution < 1.29 is 0 Å². The molecule has 0 fully saturated rings. The zero-order chi connectivity index (χ0) is 15.1. The van der Waals surface area contributed by atoms with Gasteiger partial charge in [-0.15, -0.1) is 0 Å². The van der Waals surface area contributed by atoms with Gasteiger partial charge in [-0.1, -0.05) is 56.0 Å². The van der Waals surface area contributed by atoms with Crippen molar-refractivity contribution in [2.75, 3.05) is 5.43 Å². The molecule has 0 bridgehead atoms. The van der Waals surface area contributed by atoms with Crippen molar-refractivity contribution in [3.8, 4) is 0 Å². The van der Waals surface area contributed by atoms with Crippen molar-refractivity contribution in [3.63, 3.8) is 0 Å². The van der Waals surface area contributed by atoms with E-state index in [4.69, 9.17) is 12.2 Å². The molecule has 0 atom stereocenters. The number of aromatic nitrogens is 3. The number of aryl methyl sites for hydroxylation is 2. The van der Waals surface area contributed by atoms with Crippen LogP contribution in [-0.2, 0) is 18.7 Å². The second-order valence-corrected chi connectivity index (χ2v) is 6.03. The average Bonchev–Trinajstić information content (AvgIpc) is 3.03. The molecule has 1 aromatic carbocycles. The van der Waals surface area contributed by atoms with Gasteiger partial charge in [0.15, 0.2) is 4.32 Å². The Labute approximate surface area is 134 Å². The lowest BCUT2D eigenvalue weighted by molar-refractivity contribution is 0.751. The number of hydrogen-bond donors (Lipinski definition) is 2. The van der Waals surface area contributed by atoms with Gasteiger partial charge in [-0.25, -0.2) is 9.67 Å². The van der Waals surface area contributed by atoms with E-state index in [2.05, 4.69) is 53.0 Å². The van der Waals surface area contributed by atoms with Crippen LogP contribution in [0.1, 0.15) is 25.0 Å². The van der Waals surface area contributed by atoms with Crippen LogP contribution in [-0.4, -0.2) is 19.1 Å². The summed E-state index contributed by atoms with van der Waals surface area (Å²) >= 11 is 6.81. The number of benzene rings is 1. The van der Waals surface area contributed by atoms with Crippen molar-refractivity contribution in [1.82, 2.24) is 20.2 Å². The molecule has 5 nitrogen and oxygen atoms in total. The molecule has 0 spiro atoms.